The van der Waals surface area contributed by atoms with Gasteiger partial charge in [0.15, 0.2) is 0 Å². The van der Waals surface area contributed by atoms with Crippen LogP contribution in [-0.2, 0) is 15.8 Å². The maximum Gasteiger partial charge on any atom is 0.272 e. The smallest absolute Gasteiger partial charge is 0.272 e. The molecule has 4 N–H and O–H groups in total. The number of carbonyl (C=O) groups excluding carboxylic acids is 1. The van der Waals surface area contributed by atoms with E-state index in [2.05, 4.69) is 16.4 Å². The van der Waals surface area contributed by atoms with Crippen molar-refractivity contribution in [2.24, 2.45) is 5.14 Å². The highest BCUT2D eigenvalue weighted by Crippen LogP contribution is 2.22. The third-order valence-corrected chi connectivity index (χ3v) is 4.65. The Morgan fingerprint density at radius 3 is 2.44 bits per heavy atom. The van der Waals surface area contributed by atoms with Gasteiger partial charge in [0, 0.05) is 16.6 Å². The number of anilines is 1. The second-order valence-corrected chi connectivity index (χ2v) is 7.80. The van der Waals surface area contributed by atoms with Crippen molar-refractivity contribution in [2.45, 2.75) is 19.6 Å². The molecule has 0 aliphatic rings. The first-order chi connectivity index (χ1) is 11.7. The van der Waals surface area contributed by atoms with Crippen molar-refractivity contribution in [3.05, 3.63) is 64.8 Å². The van der Waals surface area contributed by atoms with Gasteiger partial charge in [0.05, 0.1) is 5.75 Å². The maximum atomic E-state index is 12.4. The molecule has 0 spiro atoms. The Kier molecular flexibility index (Phi) is 4.36. The summed E-state index contributed by atoms with van der Waals surface area (Å²) in [6.45, 7) is 4.02. The van der Waals surface area contributed by atoms with E-state index in [1.165, 1.54) is 0 Å². The van der Waals surface area contributed by atoms with Crippen molar-refractivity contribution >= 4 is 32.5 Å². The summed E-state index contributed by atoms with van der Waals surface area (Å²) in [7, 11) is -3.57. The predicted octanol–water partition coefficient (Wildman–Crippen LogP) is 2.83. The van der Waals surface area contributed by atoms with E-state index in [-0.39, 0.29) is 11.7 Å². The second kappa shape index (κ2) is 6.34. The molecule has 3 aromatic rings. The fourth-order valence-corrected chi connectivity index (χ4v) is 3.49. The van der Waals surface area contributed by atoms with Gasteiger partial charge in [-0.2, -0.15) is 0 Å². The number of amides is 1. The lowest BCUT2D eigenvalue weighted by molar-refractivity contribution is 0.102. The number of benzene rings is 2. The van der Waals surface area contributed by atoms with Crippen molar-refractivity contribution in [1.29, 1.82) is 0 Å². The minimum absolute atomic E-state index is 0.234. The Hall–Kier alpha value is -2.64. The minimum atomic E-state index is -3.57. The van der Waals surface area contributed by atoms with Crippen LogP contribution < -0.4 is 10.5 Å². The highest BCUT2D eigenvalue weighted by Gasteiger charge is 2.12. The van der Waals surface area contributed by atoms with Crippen molar-refractivity contribution in [3.63, 3.8) is 0 Å². The van der Waals surface area contributed by atoms with Crippen LogP contribution in [0.25, 0.3) is 10.9 Å². The fraction of sp³-hybridized carbons (Fsp3) is 0.167. The van der Waals surface area contributed by atoms with Crippen LogP contribution >= 0.6 is 0 Å². The molecule has 0 bridgehead atoms. The maximum absolute atomic E-state index is 12.4. The zero-order valence-corrected chi connectivity index (χ0v) is 14.8. The van der Waals surface area contributed by atoms with Crippen molar-refractivity contribution < 1.29 is 13.2 Å². The van der Waals surface area contributed by atoms with Crippen molar-refractivity contribution in [2.75, 3.05) is 5.32 Å². The van der Waals surface area contributed by atoms with E-state index in [0.717, 1.165) is 22.0 Å². The molecule has 0 saturated carbocycles. The summed E-state index contributed by atoms with van der Waals surface area (Å²) in [6.07, 6.45) is 0. The number of nitrogens with two attached hydrogens (primary N) is 1. The van der Waals surface area contributed by atoms with E-state index in [4.69, 9.17) is 5.14 Å². The highest BCUT2D eigenvalue weighted by molar-refractivity contribution is 7.88. The number of aromatic amines is 1. The predicted molar refractivity (Wildman–Crippen MR) is 99.0 cm³/mol. The zero-order valence-electron chi connectivity index (χ0n) is 14.0. The van der Waals surface area contributed by atoms with Crippen molar-refractivity contribution in [3.8, 4) is 0 Å². The van der Waals surface area contributed by atoms with Gasteiger partial charge < -0.3 is 10.3 Å². The van der Waals surface area contributed by atoms with Gasteiger partial charge in [0.1, 0.15) is 5.69 Å². The second-order valence-electron chi connectivity index (χ2n) is 6.18. The van der Waals surface area contributed by atoms with Crippen LogP contribution in [0.1, 0.15) is 27.2 Å². The number of sulfonamides is 1. The van der Waals surface area contributed by atoms with Crippen LogP contribution in [0.3, 0.4) is 0 Å². The molecule has 0 unspecified atom stereocenters. The third-order valence-electron chi connectivity index (χ3n) is 3.91. The number of carbonyl (C=O) groups is 1. The Labute approximate surface area is 146 Å². The Balaban J connectivity index is 1.79. The SMILES string of the molecule is Cc1cc(C)c2cc(C(=O)Nc3ccc(CS(N)(=O)=O)cc3)[nH]c2c1. The number of rotatable bonds is 4. The number of hydrogen-bond acceptors (Lipinski definition) is 3. The average molecular weight is 357 g/mol. The van der Waals surface area contributed by atoms with E-state index in [1.807, 2.05) is 26.0 Å². The topological polar surface area (TPSA) is 105 Å². The average Bonchev–Trinajstić information content (AvgIpc) is 2.92. The number of nitrogens with one attached hydrogen (secondary N) is 2. The van der Waals surface area contributed by atoms with Crippen LogP contribution in [0.4, 0.5) is 5.69 Å². The molecule has 0 saturated heterocycles. The van der Waals surface area contributed by atoms with Gasteiger partial charge in [0.25, 0.3) is 5.91 Å². The lowest BCUT2D eigenvalue weighted by atomic mass is 10.1. The first-order valence-corrected chi connectivity index (χ1v) is 9.43. The third kappa shape index (κ3) is 4.07. The van der Waals surface area contributed by atoms with E-state index < -0.39 is 10.0 Å². The molecular formula is C18H19N3O3S. The van der Waals surface area contributed by atoms with Gasteiger partial charge in [0.2, 0.25) is 10.0 Å². The first-order valence-electron chi connectivity index (χ1n) is 7.72. The van der Waals surface area contributed by atoms with E-state index >= 15 is 0 Å². The minimum Gasteiger partial charge on any atom is -0.351 e. The molecule has 25 heavy (non-hydrogen) atoms. The molecule has 1 amide bonds. The van der Waals surface area contributed by atoms with E-state index in [1.54, 1.807) is 24.3 Å². The summed E-state index contributed by atoms with van der Waals surface area (Å²) in [5.41, 5.74) is 4.78. The normalized spacial score (nSPS) is 11.6. The van der Waals surface area contributed by atoms with Gasteiger partial charge >= 0.3 is 0 Å². The molecule has 1 heterocycles. The summed E-state index contributed by atoms with van der Waals surface area (Å²) < 4.78 is 22.2. The van der Waals surface area contributed by atoms with Gasteiger partial charge in [-0.1, -0.05) is 18.2 Å². The van der Waals surface area contributed by atoms with E-state index in [9.17, 15) is 13.2 Å². The van der Waals surface area contributed by atoms with Gasteiger partial charge in [-0.25, -0.2) is 13.6 Å². The number of primary sulfonamides is 1. The molecule has 0 atom stereocenters. The summed E-state index contributed by atoms with van der Waals surface area (Å²) >= 11 is 0. The molecule has 1 aromatic heterocycles. The molecule has 0 aliphatic heterocycles. The quantitative estimate of drug-likeness (QED) is 0.668. The first kappa shape index (κ1) is 17.2. The lowest BCUT2D eigenvalue weighted by Crippen LogP contribution is -2.15. The van der Waals surface area contributed by atoms with Gasteiger partial charge in [-0.3, -0.25) is 4.79 Å². The van der Waals surface area contributed by atoms with Crippen LogP contribution in [0.2, 0.25) is 0 Å². The number of H-pyrrole nitrogens is 1. The molecule has 0 fully saturated rings. The number of hydrogen-bond donors (Lipinski definition) is 3. The van der Waals surface area contributed by atoms with Crippen molar-refractivity contribution in [1.82, 2.24) is 4.98 Å². The van der Waals surface area contributed by atoms with Crippen LogP contribution in [0, 0.1) is 13.8 Å². The molecule has 3 rings (SSSR count). The molecule has 130 valence electrons. The number of aromatic nitrogens is 1. The monoisotopic (exact) mass is 357 g/mol. The molecule has 7 heteroatoms. The summed E-state index contributed by atoms with van der Waals surface area (Å²) in [5.74, 6) is -0.491. The Morgan fingerprint density at radius 2 is 1.80 bits per heavy atom. The fourth-order valence-electron chi connectivity index (χ4n) is 2.84. The Morgan fingerprint density at radius 1 is 1.12 bits per heavy atom. The Bertz CT molecular complexity index is 1050. The number of fused-ring (bicyclic) bond motifs is 1. The molecule has 0 radical (unpaired) electrons. The summed E-state index contributed by atoms with van der Waals surface area (Å²) in [4.78, 5) is 15.6. The summed E-state index contributed by atoms with van der Waals surface area (Å²) in [6, 6.07) is 12.4. The molecule has 6 nitrogen and oxygen atoms in total. The zero-order chi connectivity index (χ0) is 18.2. The van der Waals surface area contributed by atoms with Gasteiger partial charge in [-0.05, 0) is 54.8 Å². The lowest BCUT2D eigenvalue weighted by Gasteiger charge is -2.05. The molecule has 0 aliphatic carbocycles. The van der Waals surface area contributed by atoms with Crippen LogP contribution in [0.15, 0.2) is 42.5 Å². The highest BCUT2D eigenvalue weighted by atomic mass is 32.2. The standard InChI is InChI=1S/C18H19N3O3S/c1-11-7-12(2)15-9-17(21-16(15)8-11)18(22)20-14-5-3-13(4-6-14)10-25(19,23)24/h3-9,21H,10H2,1-2H3,(H,20,22)(H2,19,23,24). The van der Waals surface area contributed by atoms with Crippen LogP contribution in [0.5, 0.6) is 0 Å². The molecular weight excluding hydrogens is 338 g/mol. The van der Waals surface area contributed by atoms with Crippen LogP contribution in [-0.4, -0.2) is 19.3 Å². The molecule has 2 aromatic carbocycles. The summed E-state index contributed by atoms with van der Waals surface area (Å²) in [5, 5.41) is 8.83. The number of aryl methyl sites for hydroxylation is 2. The van der Waals surface area contributed by atoms with E-state index in [0.29, 0.717) is 16.9 Å². The van der Waals surface area contributed by atoms with Gasteiger partial charge in [-0.15, -0.1) is 0 Å². The largest absolute Gasteiger partial charge is 0.351 e.